The molecule has 0 aliphatic carbocycles. The van der Waals surface area contributed by atoms with Crippen LogP contribution < -0.4 is 10.6 Å². The number of halogens is 4. The molecule has 5 nitrogen and oxygen atoms in total. The number of carbonyl (C=O) groups excluding carboxylic acids is 2. The van der Waals surface area contributed by atoms with Crippen molar-refractivity contribution in [1.29, 1.82) is 0 Å². The zero-order chi connectivity index (χ0) is 19.3. The number of hydrogen-bond donors (Lipinski definition) is 2. The summed E-state index contributed by atoms with van der Waals surface area (Å²) >= 11 is 5.53. The number of methoxy groups -OCH3 is 1. The lowest BCUT2D eigenvalue weighted by molar-refractivity contribution is -0.137. The number of carbonyl (C=O) groups is 2. The summed E-state index contributed by atoms with van der Waals surface area (Å²) in [5.74, 6) is -1.03. The molecule has 0 atom stereocenters. The summed E-state index contributed by atoms with van der Waals surface area (Å²) in [6.07, 6.45) is -4.61. The fraction of sp³-hybridized carbons (Fsp3) is 0.176. The number of nitrogens with one attached hydrogen (secondary N) is 2. The van der Waals surface area contributed by atoms with Crippen molar-refractivity contribution >= 4 is 34.9 Å². The van der Waals surface area contributed by atoms with Gasteiger partial charge in [-0.1, -0.05) is 11.6 Å². The molecule has 26 heavy (non-hydrogen) atoms. The molecular formula is C17H14ClF3N2O3. The first kappa shape index (κ1) is 19.6. The molecule has 0 saturated carbocycles. The molecule has 2 N–H and O–H groups in total. The Hall–Kier alpha value is -2.74. The molecule has 0 bridgehead atoms. The molecule has 0 spiro atoms. The minimum absolute atomic E-state index is 0.0189. The van der Waals surface area contributed by atoms with Gasteiger partial charge in [-0.15, -0.1) is 0 Å². The Morgan fingerprint density at radius 2 is 1.69 bits per heavy atom. The van der Waals surface area contributed by atoms with Gasteiger partial charge in [0.25, 0.3) is 0 Å². The molecule has 0 aliphatic rings. The van der Waals surface area contributed by atoms with Crippen LogP contribution in [0.1, 0.15) is 15.9 Å². The van der Waals surface area contributed by atoms with Crippen molar-refractivity contribution in [2.24, 2.45) is 0 Å². The SMILES string of the molecule is COC(=O)c1ccc(NCC(=O)Nc2ccc(Cl)c(C(F)(F)F)c2)cc1. The minimum atomic E-state index is -4.61. The number of ether oxygens (including phenoxy) is 1. The molecule has 0 aliphatic heterocycles. The number of hydrogen-bond acceptors (Lipinski definition) is 4. The lowest BCUT2D eigenvalue weighted by Crippen LogP contribution is -2.22. The molecule has 2 aromatic rings. The summed E-state index contributed by atoms with van der Waals surface area (Å²) < 4.78 is 43.0. The van der Waals surface area contributed by atoms with Gasteiger partial charge in [-0.25, -0.2) is 4.79 Å². The van der Waals surface area contributed by atoms with Crippen LogP contribution in [0.15, 0.2) is 42.5 Å². The second-order valence-electron chi connectivity index (χ2n) is 5.16. The first-order chi connectivity index (χ1) is 12.2. The van der Waals surface area contributed by atoms with Crippen LogP contribution in [-0.2, 0) is 15.7 Å². The van der Waals surface area contributed by atoms with E-state index in [-0.39, 0.29) is 12.2 Å². The molecule has 0 radical (unpaired) electrons. The van der Waals surface area contributed by atoms with Gasteiger partial charge in [-0.3, -0.25) is 4.79 Å². The van der Waals surface area contributed by atoms with Gasteiger partial charge >= 0.3 is 12.1 Å². The van der Waals surface area contributed by atoms with Crippen molar-refractivity contribution < 1.29 is 27.5 Å². The molecule has 0 unspecified atom stereocenters. The highest BCUT2D eigenvalue weighted by atomic mass is 35.5. The smallest absolute Gasteiger partial charge is 0.417 e. The maximum Gasteiger partial charge on any atom is 0.417 e. The van der Waals surface area contributed by atoms with E-state index in [2.05, 4.69) is 15.4 Å². The summed E-state index contributed by atoms with van der Waals surface area (Å²) in [6.45, 7) is -0.179. The van der Waals surface area contributed by atoms with Gasteiger partial charge < -0.3 is 15.4 Å². The fourth-order valence-electron chi connectivity index (χ4n) is 2.05. The highest BCUT2D eigenvalue weighted by Crippen LogP contribution is 2.36. The highest BCUT2D eigenvalue weighted by Gasteiger charge is 2.33. The largest absolute Gasteiger partial charge is 0.465 e. The van der Waals surface area contributed by atoms with E-state index in [0.717, 1.165) is 12.1 Å². The monoisotopic (exact) mass is 386 g/mol. The molecule has 2 rings (SSSR count). The maximum atomic E-state index is 12.8. The second-order valence-corrected chi connectivity index (χ2v) is 5.57. The molecule has 138 valence electrons. The standard InChI is InChI=1S/C17H14ClF3N2O3/c1-26-16(25)10-2-4-11(5-3-10)22-9-15(24)23-12-6-7-14(18)13(8-12)17(19,20)21/h2-8,22H,9H2,1H3,(H,23,24). The first-order valence-electron chi connectivity index (χ1n) is 7.29. The van der Waals surface area contributed by atoms with Crippen LogP contribution in [0, 0.1) is 0 Å². The number of esters is 1. The van der Waals surface area contributed by atoms with Crippen molar-refractivity contribution in [2.75, 3.05) is 24.3 Å². The average Bonchev–Trinajstić information content (AvgIpc) is 2.60. The lowest BCUT2D eigenvalue weighted by atomic mass is 10.2. The maximum absolute atomic E-state index is 12.8. The van der Waals surface area contributed by atoms with Gasteiger partial charge in [0, 0.05) is 11.4 Å². The Morgan fingerprint density at radius 1 is 1.08 bits per heavy atom. The van der Waals surface area contributed by atoms with Gasteiger partial charge in [0.2, 0.25) is 5.91 Å². The van der Waals surface area contributed by atoms with Crippen molar-refractivity contribution in [3.63, 3.8) is 0 Å². The van der Waals surface area contributed by atoms with Crippen LogP contribution in [0.4, 0.5) is 24.5 Å². The Kier molecular flexibility index (Phi) is 6.10. The van der Waals surface area contributed by atoms with Crippen molar-refractivity contribution in [2.45, 2.75) is 6.18 Å². The molecule has 9 heteroatoms. The Balaban J connectivity index is 1.96. The Morgan fingerprint density at radius 3 is 2.27 bits per heavy atom. The molecule has 0 saturated heterocycles. The quantitative estimate of drug-likeness (QED) is 0.756. The topological polar surface area (TPSA) is 67.4 Å². The molecule has 1 amide bonds. The fourth-order valence-corrected chi connectivity index (χ4v) is 2.27. The Bertz CT molecular complexity index is 808. The van der Waals surface area contributed by atoms with E-state index in [9.17, 15) is 22.8 Å². The normalized spacial score (nSPS) is 11.0. The minimum Gasteiger partial charge on any atom is -0.465 e. The molecule has 0 fully saturated rings. The van der Waals surface area contributed by atoms with E-state index >= 15 is 0 Å². The lowest BCUT2D eigenvalue weighted by Gasteiger charge is -2.12. The molecule has 0 aromatic heterocycles. The van der Waals surface area contributed by atoms with E-state index in [1.54, 1.807) is 12.1 Å². The van der Waals surface area contributed by atoms with E-state index in [4.69, 9.17) is 11.6 Å². The summed E-state index contributed by atoms with van der Waals surface area (Å²) in [5, 5.41) is 4.70. The van der Waals surface area contributed by atoms with Gasteiger partial charge in [-0.2, -0.15) is 13.2 Å². The number of alkyl halides is 3. The predicted molar refractivity (Wildman–Crippen MR) is 91.4 cm³/mol. The first-order valence-corrected chi connectivity index (χ1v) is 7.67. The van der Waals surface area contributed by atoms with Crippen LogP contribution in [0.2, 0.25) is 5.02 Å². The third kappa shape index (κ3) is 5.13. The number of anilines is 2. The van der Waals surface area contributed by atoms with Crippen molar-refractivity contribution in [3.8, 4) is 0 Å². The highest BCUT2D eigenvalue weighted by molar-refractivity contribution is 6.31. The molecular weight excluding hydrogens is 373 g/mol. The van der Waals surface area contributed by atoms with Crippen LogP contribution in [0.5, 0.6) is 0 Å². The van der Waals surface area contributed by atoms with Crippen LogP contribution >= 0.6 is 11.6 Å². The third-order valence-electron chi connectivity index (χ3n) is 3.31. The zero-order valence-corrected chi connectivity index (χ0v) is 14.2. The number of amides is 1. The zero-order valence-electron chi connectivity index (χ0n) is 13.5. The van der Waals surface area contributed by atoms with E-state index in [1.807, 2.05) is 0 Å². The van der Waals surface area contributed by atoms with Crippen LogP contribution in [-0.4, -0.2) is 25.5 Å². The van der Waals surface area contributed by atoms with Crippen molar-refractivity contribution in [3.05, 3.63) is 58.6 Å². The van der Waals surface area contributed by atoms with Crippen molar-refractivity contribution in [1.82, 2.24) is 0 Å². The average molecular weight is 387 g/mol. The Labute approximate surface area is 152 Å². The van der Waals surface area contributed by atoms with Crippen LogP contribution in [0.3, 0.4) is 0 Å². The summed E-state index contributed by atoms with van der Waals surface area (Å²) in [5.41, 5.74) is -0.138. The third-order valence-corrected chi connectivity index (χ3v) is 3.64. The summed E-state index contributed by atoms with van der Waals surface area (Å²) in [7, 11) is 1.26. The van der Waals surface area contributed by atoms with Gasteiger partial charge in [0.05, 0.1) is 29.8 Å². The van der Waals surface area contributed by atoms with E-state index in [0.29, 0.717) is 11.3 Å². The van der Waals surface area contributed by atoms with Gasteiger partial charge in [-0.05, 0) is 42.5 Å². The second kappa shape index (κ2) is 8.09. The van der Waals surface area contributed by atoms with Gasteiger partial charge in [0.15, 0.2) is 0 Å². The molecule has 2 aromatic carbocycles. The number of benzene rings is 2. The summed E-state index contributed by atoms with van der Waals surface area (Å²) in [6, 6.07) is 9.29. The van der Waals surface area contributed by atoms with E-state index in [1.165, 1.54) is 25.3 Å². The van der Waals surface area contributed by atoms with E-state index < -0.39 is 28.6 Å². The number of rotatable bonds is 5. The van der Waals surface area contributed by atoms with Crippen LogP contribution in [0.25, 0.3) is 0 Å². The molecule has 0 heterocycles. The van der Waals surface area contributed by atoms with Gasteiger partial charge in [0.1, 0.15) is 0 Å². The summed E-state index contributed by atoms with van der Waals surface area (Å²) in [4.78, 5) is 23.2. The predicted octanol–water partition coefficient (Wildman–Crippen LogP) is 4.20.